The normalized spacial score (nSPS) is 12.5. The molecule has 3 rings (SSSR count). The minimum absolute atomic E-state index is 0.0699. The summed E-state index contributed by atoms with van der Waals surface area (Å²) in [7, 11) is 0. The molecule has 0 bridgehead atoms. The summed E-state index contributed by atoms with van der Waals surface area (Å²) in [6.07, 6.45) is 3.50. The number of nitrogens with zero attached hydrogens (tertiary/aromatic N) is 3. The van der Waals surface area contributed by atoms with Gasteiger partial charge in [-0.05, 0) is 36.9 Å². The number of nitrogens with two attached hydrogens (primary N) is 1. The lowest BCUT2D eigenvalue weighted by molar-refractivity contribution is 0.778. The van der Waals surface area contributed by atoms with Gasteiger partial charge >= 0.3 is 0 Å². The van der Waals surface area contributed by atoms with Gasteiger partial charge in [0.2, 0.25) is 0 Å². The van der Waals surface area contributed by atoms with Crippen LogP contribution in [0.1, 0.15) is 12.5 Å². The summed E-state index contributed by atoms with van der Waals surface area (Å²) in [6.45, 7) is 4.71. The van der Waals surface area contributed by atoms with Crippen molar-refractivity contribution in [3.05, 3.63) is 35.5 Å². The monoisotopic (exact) mass is 299 g/mol. The van der Waals surface area contributed by atoms with Crippen molar-refractivity contribution in [2.24, 2.45) is 5.73 Å². The molecule has 6 heteroatoms. The van der Waals surface area contributed by atoms with E-state index in [1.807, 2.05) is 19.1 Å². The van der Waals surface area contributed by atoms with Crippen LogP contribution in [-0.2, 0) is 0 Å². The Labute approximate surface area is 127 Å². The molecule has 1 atom stereocenters. The maximum atomic E-state index is 5.83. The zero-order valence-corrected chi connectivity index (χ0v) is 12.8. The summed E-state index contributed by atoms with van der Waals surface area (Å²) in [5.41, 5.74) is 8.95. The van der Waals surface area contributed by atoms with Gasteiger partial charge in [0.1, 0.15) is 5.82 Å². The van der Waals surface area contributed by atoms with Crippen molar-refractivity contribution in [2.75, 3.05) is 11.9 Å². The third-order valence-corrected chi connectivity index (χ3v) is 4.22. The maximum absolute atomic E-state index is 5.83. The molecule has 0 aliphatic carbocycles. The van der Waals surface area contributed by atoms with Crippen LogP contribution in [0.25, 0.3) is 21.6 Å². The lowest BCUT2D eigenvalue weighted by Gasteiger charge is -2.11. The van der Waals surface area contributed by atoms with Gasteiger partial charge in [-0.25, -0.2) is 9.97 Å². The van der Waals surface area contributed by atoms with Crippen LogP contribution in [0, 0.1) is 6.92 Å². The number of fused-ring (bicyclic) bond motifs is 1. The Bertz CT molecular complexity index is 751. The Morgan fingerprint density at radius 3 is 2.76 bits per heavy atom. The summed E-state index contributed by atoms with van der Waals surface area (Å²) < 4.78 is 1.07. The molecule has 3 aromatic heterocycles. The first-order valence-corrected chi connectivity index (χ1v) is 7.69. The topological polar surface area (TPSA) is 76.7 Å². The molecule has 3 heterocycles. The summed E-state index contributed by atoms with van der Waals surface area (Å²) in [5.74, 6) is 1.56. The fraction of sp³-hybridized carbons (Fsp3) is 0.267. The molecule has 0 aromatic carbocycles. The molecular weight excluding hydrogens is 282 g/mol. The van der Waals surface area contributed by atoms with Crippen LogP contribution in [0.15, 0.2) is 29.9 Å². The molecule has 0 saturated heterocycles. The van der Waals surface area contributed by atoms with E-state index in [4.69, 9.17) is 10.7 Å². The van der Waals surface area contributed by atoms with Crippen LogP contribution in [0.4, 0.5) is 5.82 Å². The highest BCUT2D eigenvalue weighted by Gasteiger charge is 2.13. The molecular formula is C15H17N5S. The van der Waals surface area contributed by atoms with Gasteiger partial charge in [0, 0.05) is 30.5 Å². The number of hydrogen-bond donors (Lipinski definition) is 2. The maximum Gasteiger partial charge on any atom is 0.162 e. The lowest BCUT2D eigenvalue weighted by atomic mass is 10.2. The minimum Gasteiger partial charge on any atom is -0.367 e. The smallest absolute Gasteiger partial charge is 0.162 e. The number of nitrogens with one attached hydrogen (secondary N) is 1. The number of hydrogen-bond acceptors (Lipinski definition) is 6. The van der Waals surface area contributed by atoms with Gasteiger partial charge in [-0.1, -0.05) is 0 Å². The van der Waals surface area contributed by atoms with E-state index in [0.717, 1.165) is 27.2 Å². The Balaban J connectivity index is 2.11. The quantitative estimate of drug-likeness (QED) is 0.774. The predicted octanol–water partition coefficient (Wildman–Crippen LogP) is 2.82. The van der Waals surface area contributed by atoms with Gasteiger partial charge in [-0.2, -0.15) is 0 Å². The Morgan fingerprint density at radius 2 is 2.05 bits per heavy atom. The van der Waals surface area contributed by atoms with Crippen molar-refractivity contribution < 1.29 is 0 Å². The van der Waals surface area contributed by atoms with Crippen molar-refractivity contribution in [1.82, 2.24) is 15.0 Å². The molecule has 0 saturated carbocycles. The van der Waals surface area contributed by atoms with E-state index >= 15 is 0 Å². The van der Waals surface area contributed by atoms with Gasteiger partial charge in [-0.3, -0.25) is 4.98 Å². The highest BCUT2D eigenvalue weighted by Crippen LogP contribution is 2.31. The van der Waals surface area contributed by atoms with Crippen molar-refractivity contribution >= 4 is 27.4 Å². The molecule has 0 radical (unpaired) electrons. The molecule has 0 fully saturated rings. The molecule has 3 aromatic rings. The molecule has 0 unspecified atom stereocenters. The molecule has 0 aliphatic rings. The van der Waals surface area contributed by atoms with E-state index < -0.39 is 0 Å². The first kappa shape index (κ1) is 13.9. The van der Waals surface area contributed by atoms with Gasteiger partial charge < -0.3 is 11.1 Å². The lowest BCUT2D eigenvalue weighted by Crippen LogP contribution is -2.25. The second-order valence-corrected chi connectivity index (χ2v) is 5.97. The molecule has 3 N–H and O–H groups in total. The van der Waals surface area contributed by atoms with Crippen LogP contribution in [0.5, 0.6) is 0 Å². The Hall–Kier alpha value is -2.05. The third-order valence-electron chi connectivity index (χ3n) is 3.12. The van der Waals surface area contributed by atoms with Crippen molar-refractivity contribution in [2.45, 2.75) is 19.9 Å². The Morgan fingerprint density at radius 1 is 1.29 bits per heavy atom. The number of thiophene rings is 1. The number of anilines is 1. The SMILES string of the molecule is Cc1csc2c(NC[C@@H](C)N)nc(-c3ccncc3)nc12. The second kappa shape index (κ2) is 5.75. The van der Waals surface area contributed by atoms with Crippen LogP contribution in [-0.4, -0.2) is 27.5 Å². The fourth-order valence-corrected chi connectivity index (χ4v) is 2.99. The highest BCUT2D eigenvalue weighted by molar-refractivity contribution is 7.18. The van der Waals surface area contributed by atoms with E-state index in [1.54, 1.807) is 23.7 Å². The second-order valence-electron chi connectivity index (χ2n) is 5.09. The van der Waals surface area contributed by atoms with Crippen LogP contribution in [0.2, 0.25) is 0 Å². The van der Waals surface area contributed by atoms with Crippen LogP contribution in [0.3, 0.4) is 0 Å². The molecule has 0 spiro atoms. The highest BCUT2D eigenvalue weighted by atomic mass is 32.1. The Kier molecular flexibility index (Phi) is 3.81. The number of pyridine rings is 1. The standard InChI is InChI=1S/C15H17N5S/c1-9-8-21-13-12(9)19-14(11-3-5-17-6-4-11)20-15(13)18-7-10(2)16/h3-6,8,10H,7,16H2,1-2H3,(H,18,19,20)/t10-/m1/s1. The van der Waals surface area contributed by atoms with Crippen molar-refractivity contribution in [3.63, 3.8) is 0 Å². The average Bonchev–Trinajstić information content (AvgIpc) is 2.87. The van der Waals surface area contributed by atoms with Crippen LogP contribution >= 0.6 is 11.3 Å². The average molecular weight is 299 g/mol. The van der Waals surface area contributed by atoms with E-state index in [1.165, 1.54) is 0 Å². The van der Waals surface area contributed by atoms with E-state index in [0.29, 0.717) is 12.4 Å². The van der Waals surface area contributed by atoms with Crippen molar-refractivity contribution in [3.8, 4) is 11.4 Å². The first-order valence-electron chi connectivity index (χ1n) is 6.81. The summed E-state index contributed by atoms with van der Waals surface area (Å²) >= 11 is 1.66. The summed E-state index contributed by atoms with van der Waals surface area (Å²) in [4.78, 5) is 13.4. The molecule has 5 nitrogen and oxygen atoms in total. The minimum atomic E-state index is 0.0699. The molecule has 0 amide bonds. The van der Waals surface area contributed by atoms with Gasteiger partial charge in [-0.15, -0.1) is 11.3 Å². The predicted molar refractivity (Wildman–Crippen MR) is 87.5 cm³/mol. The summed E-state index contributed by atoms with van der Waals surface area (Å²) in [5, 5.41) is 5.43. The fourth-order valence-electron chi connectivity index (χ4n) is 2.04. The molecule has 0 aliphatic heterocycles. The first-order chi connectivity index (χ1) is 10.1. The van der Waals surface area contributed by atoms with Crippen LogP contribution < -0.4 is 11.1 Å². The van der Waals surface area contributed by atoms with Gasteiger partial charge in [0.05, 0.1) is 10.2 Å². The van der Waals surface area contributed by atoms with E-state index in [9.17, 15) is 0 Å². The largest absolute Gasteiger partial charge is 0.367 e. The zero-order chi connectivity index (χ0) is 14.8. The van der Waals surface area contributed by atoms with E-state index in [-0.39, 0.29) is 6.04 Å². The van der Waals surface area contributed by atoms with Gasteiger partial charge in [0.15, 0.2) is 5.82 Å². The summed E-state index contributed by atoms with van der Waals surface area (Å²) in [6, 6.07) is 3.90. The zero-order valence-electron chi connectivity index (χ0n) is 12.0. The third kappa shape index (κ3) is 2.86. The number of rotatable bonds is 4. The molecule has 108 valence electrons. The number of aromatic nitrogens is 3. The van der Waals surface area contributed by atoms with E-state index in [2.05, 4.69) is 27.6 Å². The van der Waals surface area contributed by atoms with Gasteiger partial charge in [0.25, 0.3) is 0 Å². The number of aryl methyl sites for hydroxylation is 1. The molecule has 21 heavy (non-hydrogen) atoms. The van der Waals surface area contributed by atoms with Crippen molar-refractivity contribution in [1.29, 1.82) is 0 Å².